The number of aromatic nitrogens is 2. The van der Waals surface area contributed by atoms with Gasteiger partial charge < -0.3 is 19.1 Å². The Hall–Kier alpha value is -4.29. The molecule has 9 heteroatoms. The monoisotopic (exact) mass is 471 g/mol. The summed E-state index contributed by atoms with van der Waals surface area (Å²) in [7, 11) is 0. The van der Waals surface area contributed by atoms with Crippen molar-refractivity contribution in [2.24, 2.45) is 0 Å². The summed E-state index contributed by atoms with van der Waals surface area (Å²) >= 11 is 0. The van der Waals surface area contributed by atoms with Gasteiger partial charge in [-0.1, -0.05) is 31.7 Å². The van der Waals surface area contributed by atoms with Gasteiger partial charge in [0.1, 0.15) is 13.2 Å². The fourth-order valence-electron chi connectivity index (χ4n) is 4.64. The first-order chi connectivity index (χ1) is 16.8. The molecule has 35 heavy (non-hydrogen) atoms. The largest absolute Gasteiger partial charge is 0.461 e. The van der Waals surface area contributed by atoms with Gasteiger partial charge in [0.25, 0.3) is 5.56 Å². The van der Waals surface area contributed by atoms with Crippen molar-refractivity contribution in [1.82, 2.24) is 9.55 Å². The Morgan fingerprint density at radius 2 is 2.17 bits per heavy atom. The molecule has 176 valence electrons. The highest BCUT2D eigenvalue weighted by Crippen LogP contribution is 2.39. The molecule has 1 N–H and O–H groups in total. The molecule has 0 fully saturated rings. The molecule has 3 aromatic rings. The Morgan fingerprint density at radius 3 is 2.91 bits per heavy atom. The third-order valence-electron chi connectivity index (χ3n) is 6.56. The highest BCUT2D eigenvalue weighted by atomic mass is 16.6. The third-order valence-corrected chi connectivity index (χ3v) is 6.56. The van der Waals surface area contributed by atoms with E-state index in [1.807, 2.05) is 18.2 Å². The molecule has 1 atom stereocenters. The number of carbonyl (C=O) groups is 2. The first-order valence-electron chi connectivity index (χ1n) is 11.1. The summed E-state index contributed by atoms with van der Waals surface area (Å²) in [5.74, 6) is -1.43. The van der Waals surface area contributed by atoms with Crippen molar-refractivity contribution in [2.45, 2.75) is 38.5 Å². The van der Waals surface area contributed by atoms with Crippen LogP contribution < -0.4 is 5.56 Å². The Kier molecular flexibility index (Phi) is 5.26. The highest BCUT2D eigenvalue weighted by molar-refractivity contribution is 6.19. The van der Waals surface area contributed by atoms with Crippen molar-refractivity contribution >= 4 is 28.4 Å². The number of rotatable bonds is 5. The second-order valence-electron chi connectivity index (χ2n) is 8.50. The minimum absolute atomic E-state index is 0.0356. The molecule has 0 spiro atoms. The summed E-state index contributed by atoms with van der Waals surface area (Å²) in [5.41, 5.74) is 1.10. The van der Waals surface area contributed by atoms with Gasteiger partial charge in [-0.05, 0) is 18.6 Å². The van der Waals surface area contributed by atoms with Crippen LogP contribution in [-0.4, -0.2) is 33.2 Å². The molecule has 0 bridgehead atoms. The Bertz CT molecular complexity index is 1550. The maximum Gasteiger partial charge on any atom is 0.343 e. The second kappa shape index (κ2) is 8.18. The molecule has 2 aromatic heterocycles. The summed E-state index contributed by atoms with van der Waals surface area (Å²) in [6.07, 6.45) is 0.130. The van der Waals surface area contributed by atoms with Gasteiger partial charge in [0.2, 0.25) is 0 Å². The van der Waals surface area contributed by atoms with Crippen molar-refractivity contribution < 1.29 is 24.2 Å². The van der Waals surface area contributed by atoms with E-state index in [0.29, 0.717) is 22.5 Å². The molecule has 1 aromatic carbocycles. The molecular weight excluding hydrogens is 450 g/mol. The van der Waals surface area contributed by atoms with E-state index in [1.165, 1.54) is 0 Å². The van der Waals surface area contributed by atoms with E-state index in [4.69, 9.17) is 19.7 Å². The normalized spacial score (nSPS) is 17.7. The number of esters is 2. The molecule has 0 saturated heterocycles. The summed E-state index contributed by atoms with van der Waals surface area (Å²) < 4.78 is 11.8. The van der Waals surface area contributed by atoms with Crippen molar-refractivity contribution in [2.75, 3.05) is 6.61 Å². The zero-order chi connectivity index (χ0) is 24.9. The summed E-state index contributed by atoms with van der Waals surface area (Å²) in [5, 5.41) is 20.4. The van der Waals surface area contributed by atoms with E-state index in [0.717, 1.165) is 10.9 Å². The Labute approximate surface area is 199 Å². The standard InChI is InChI=1S/C26H21N3O6/c1-3-26(33)19-11-20-22-16(12-29(20)23(30)18(19)13-35-25(26)32)10-15-6-4-7-17(21(15)28-22)14(2)24(31)34-9-5-8-27/h4,6-7,10-11,33H,2-3,5,9,12-13H2,1H3/t26-/m0/s1. The van der Waals surface area contributed by atoms with Crippen LogP contribution in [0.25, 0.3) is 27.9 Å². The van der Waals surface area contributed by atoms with Gasteiger partial charge in [0, 0.05) is 22.1 Å². The fourth-order valence-corrected chi connectivity index (χ4v) is 4.64. The third kappa shape index (κ3) is 3.33. The van der Waals surface area contributed by atoms with Crippen LogP contribution >= 0.6 is 0 Å². The van der Waals surface area contributed by atoms with E-state index in [-0.39, 0.29) is 54.9 Å². The smallest absolute Gasteiger partial charge is 0.343 e. The number of fused-ring (bicyclic) bond motifs is 5. The molecule has 9 nitrogen and oxygen atoms in total. The summed E-state index contributed by atoms with van der Waals surface area (Å²) in [4.78, 5) is 42.9. The SMILES string of the molecule is C=C(C(=O)OCCC#N)c1cccc2cc3c(nc12)-c1cc2c(c(=O)n1C3)COC(=O)[C@]2(O)CC. The van der Waals surface area contributed by atoms with Gasteiger partial charge in [0.15, 0.2) is 5.60 Å². The molecule has 4 heterocycles. The molecule has 0 amide bonds. The lowest BCUT2D eigenvalue weighted by atomic mass is 9.86. The fraction of sp³-hybridized carbons (Fsp3) is 0.269. The molecule has 0 saturated carbocycles. The number of benzene rings is 1. The van der Waals surface area contributed by atoms with Gasteiger partial charge in [-0.3, -0.25) is 4.79 Å². The predicted octanol–water partition coefficient (Wildman–Crippen LogP) is 2.55. The second-order valence-corrected chi connectivity index (χ2v) is 8.50. The number of cyclic esters (lactones) is 1. The van der Waals surface area contributed by atoms with Crippen LogP contribution in [0.2, 0.25) is 0 Å². The van der Waals surface area contributed by atoms with E-state index in [1.54, 1.807) is 29.7 Å². The van der Waals surface area contributed by atoms with Crippen LogP contribution in [0.4, 0.5) is 0 Å². The van der Waals surface area contributed by atoms with E-state index in [9.17, 15) is 19.5 Å². The van der Waals surface area contributed by atoms with Gasteiger partial charge in [0.05, 0.1) is 47.1 Å². The lowest BCUT2D eigenvalue weighted by Gasteiger charge is -2.31. The van der Waals surface area contributed by atoms with Crippen molar-refractivity contribution in [3.63, 3.8) is 0 Å². The number of nitrogens with zero attached hydrogens (tertiary/aromatic N) is 3. The first kappa shape index (κ1) is 22.5. The minimum atomic E-state index is -1.91. The van der Waals surface area contributed by atoms with Crippen LogP contribution in [0.1, 0.15) is 42.0 Å². The maximum absolute atomic E-state index is 13.3. The van der Waals surface area contributed by atoms with Crippen LogP contribution in [0.15, 0.2) is 41.7 Å². The number of carbonyl (C=O) groups excluding carboxylic acids is 2. The summed E-state index contributed by atoms with van der Waals surface area (Å²) in [6, 6.07) is 10.8. The number of nitriles is 1. The van der Waals surface area contributed by atoms with E-state index >= 15 is 0 Å². The van der Waals surface area contributed by atoms with E-state index in [2.05, 4.69) is 6.58 Å². The number of ether oxygens (including phenoxy) is 2. The molecule has 5 rings (SSSR count). The average molecular weight is 471 g/mol. The lowest BCUT2D eigenvalue weighted by molar-refractivity contribution is -0.172. The van der Waals surface area contributed by atoms with Crippen LogP contribution in [0.5, 0.6) is 0 Å². The first-order valence-corrected chi connectivity index (χ1v) is 11.1. The molecule has 0 radical (unpaired) electrons. The van der Waals surface area contributed by atoms with Gasteiger partial charge >= 0.3 is 11.9 Å². The minimum Gasteiger partial charge on any atom is -0.461 e. The van der Waals surface area contributed by atoms with E-state index < -0.39 is 17.5 Å². The number of aliphatic hydroxyl groups is 1. The lowest BCUT2D eigenvalue weighted by Crippen LogP contribution is -2.44. The van der Waals surface area contributed by atoms with Crippen molar-refractivity contribution in [1.29, 1.82) is 5.26 Å². The quantitative estimate of drug-likeness (QED) is 0.267. The van der Waals surface area contributed by atoms with Crippen molar-refractivity contribution in [3.8, 4) is 17.5 Å². The summed E-state index contributed by atoms with van der Waals surface area (Å²) in [6.45, 7) is 5.56. The number of hydrogen-bond acceptors (Lipinski definition) is 8. The molecule has 2 aliphatic heterocycles. The molecule has 2 aliphatic rings. The number of hydrogen-bond donors (Lipinski definition) is 1. The zero-order valence-electron chi connectivity index (χ0n) is 19.0. The molecule has 0 unspecified atom stereocenters. The van der Waals surface area contributed by atoms with Crippen molar-refractivity contribution in [3.05, 3.63) is 69.5 Å². The van der Waals surface area contributed by atoms with Gasteiger partial charge in [-0.2, -0.15) is 5.26 Å². The molecule has 0 aliphatic carbocycles. The predicted molar refractivity (Wildman–Crippen MR) is 125 cm³/mol. The number of pyridine rings is 2. The Balaban J connectivity index is 1.65. The van der Waals surface area contributed by atoms with Gasteiger partial charge in [-0.25, -0.2) is 14.6 Å². The van der Waals surface area contributed by atoms with Gasteiger partial charge in [-0.15, -0.1) is 0 Å². The maximum atomic E-state index is 13.3. The number of para-hydroxylation sites is 1. The highest BCUT2D eigenvalue weighted by Gasteiger charge is 2.45. The zero-order valence-corrected chi connectivity index (χ0v) is 19.0. The van der Waals surface area contributed by atoms with Crippen LogP contribution in [0, 0.1) is 11.3 Å². The average Bonchev–Trinajstić information content (AvgIpc) is 3.22. The topological polar surface area (TPSA) is 132 Å². The molecular formula is C26H21N3O6. The Morgan fingerprint density at radius 1 is 1.37 bits per heavy atom. The van der Waals surface area contributed by atoms with Crippen LogP contribution in [-0.2, 0) is 37.8 Å². The van der Waals surface area contributed by atoms with Crippen LogP contribution in [0.3, 0.4) is 0 Å².